The van der Waals surface area contributed by atoms with E-state index in [2.05, 4.69) is 0 Å². The molecule has 5 N–H and O–H groups in total. The molecule has 16 aliphatic heterocycles. The van der Waals surface area contributed by atoms with E-state index in [4.69, 9.17) is 18.9 Å². The average Bonchev–Trinajstić information content (AvgIpc) is 3.32. The normalized spacial score (nSPS) is 19.5. The highest BCUT2D eigenvalue weighted by molar-refractivity contribution is 6.06. The van der Waals surface area contributed by atoms with Crippen molar-refractivity contribution in [2.24, 2.45) is 0 Å². The Morgan fingerprint density at radius 2 is 0.627 bits per heavy atom. The quantitative estimate of drug-likeness (QED) is 0.110. The molecule has 28 rings (SSSR count). The van der Waals surface area contributed by atoms with Crippen molar-refractivity contribution in [1.29, 1.82) is 0 Å². The molecule has 0 unspecified atom stereocenters. The Morgan fingerprint density at radius 3 is 0.940 bits per heavy atom. The molecule has 0 amide bonds. The van der Waals surface area contributed by atoms with Gasteiger partial charge < -0.3 is 44.5 Å². The van der Waals surface area contributed by atoms with Crippen LogP contribution in [-0.2, 0) is 45.6 Å². The zero-order chi connectivity index (χ0) is 46.4. The molecule has 0 saturated carbocycles. The smallest absolute Gasteiger partial charge is 0.336 e. The van der Waals surface area contributed by atoms with E-state index in [1.807, 2.05) is 24.3 Å². The monoisotopic (exact) mass is 896 g/mol. The van der Waals surface area contributed by atoms with Gasteiger partial charge in [-0.25, -0.2) is 24.0 Å². The van der Waals surface area contributed by atoms with Crippen molar-refractivity contribution in [3.63, 3.8) is 0 Å². The van der Waals surface area contributed by atoms with Gasteiger partial charge in [-0.15, -0.1) is 0 Å². The van der Waals surface area contributed by atoms with Gasteiger partial charge in [0.2, 0.25) is 0 Å². The molecule has 0 saturated heterocycles. The lowest BCUT2D eigenvalue weighted by atomic mass is 9.61. The van der Waals surface area contributed by atoms with E-state index in [1.54, 1.807) is 84.9 Å². The summed E-state index contributed by atoms with van der Waals surface area (Å²) in [6, 6.07) is 33.0. The fraction of sp³-hybridized carbons (Fsp3) is 0.151. The Kier molecular flexibility index (Phi) is 9.51. The number of carboxylic acid groups (broad SMARTS) is 5. The van der Waals surface area contributed by atoms with Crippen LogP contribution in [0.15, 0.2) is 138 Å². The van der Waals surface area contributed by atoms with E-state index in [1.165, 1.54) is 6.07 Å². The molecule has 0 fully saturated rings. The lowest BCUT2D eigenvalue weighted by Crippen LogP contribution is -2.34. The molecule has 6 aliphatic carbocycles. The number of aliphatic carboxylic acids is 4. The predicted molar refractivity (Wildman–Crippen MR) is 235 cm³/mol. The molecule has 6 aromatic carbocycles. The number of hydrogen-bond donors (Lipinski definition) is 5. The van der Waals surface area contributed by atoms with Crippen molar-refractivity contribution in [2.45, 2.75) is 50.1 Å². The third kappa shape index (κ3) is 6.67. The maximum Gasteiger partial charge on any atom is 0.336 e. The van der Waals surface area contributed by atoms with Gasteiger partial charge in [0.15, 0.2) is 0 Å². The van der Waals surface area contributed by atoms with Crippen LogP contribution < -0.4 is 18.9 Å². The van der Waals surface area contributed by atoms with Crippen LogP contribution in [0.2, 0.25) is 0 Å². The minimum atomic E-state index is -1.35. The van der Waals surface area contributed by atoms with Gasteiger partial charge in [-0.2, -0.15) is 0 Å². The van der Waals surface area contributed by atoms with Crippen LogP contribution in [0.3, 0.4) is 0 Å². The Bertz CT molecular complexity index is 3270. The summed E-state index contributed by atoms with van der Waals surface area (Å²) in [4.78, 5) is 63.9. The van der Waals surface area contributed by atoms with E-state index in [0.29, 0.717) is 78.6 Å². The Morgan fingerprint density at radius 1 is 0.328 bits per heavy atom. The van der Waals surface area contributed by atoms with Gasteiger partial charge in [-0.05, 0) is 116 Å². The zero-order valence-corrected chi connectivity index (χ0v) is 35.0. The summed E-state index contributed by atoms with van der Waals surface area (Å²) >= 11 is 0. The predicted octanol–water partition coefficient (Wildman–Crippen LogP) is 8.13. The van der Waals surface area contributed by atoms with Crippen molar-refractivity contribution in [1.82, 2.24) is 0 Å². The Balaban J connectivity index is 0.975. The number of ether oxygens (including phenoxy) is 4. The molecule has 6 aromatic rings. The van der Waals surface area contributed by atoms with Crippen LogP contribution in [0.25, 0.3) is 0 Å². The molecular formula is C53H36O14. The van der Waals surface area contributed by atoms with Crippen molar-refractivity contribution in [3.8, 4) is 23.0 Å². The van der Waals surface area contributed by atoms with Gasteiger partial charge >= 0.3 is 29.8 Å². The minimum Gasteiger partial charge on any atom is -0.489 e. The van der Waals surface area contributed by atoms with Crippen molar-refractivity contribution >= 4 is 29.8 Å². The first-order valence-corrected chi connectivity index (χ1v) is 21.2. The summed E-state index contributed by atoms with van der Waals surface area (Å²) < 4.78 is 24.8. The average molecular weight is 897 g/mol. The number of rotatable bonds is 5. The van der Waals surface area contributed by atoms with Gasteiger partial charge in [0.1, 0.15) is 49.4 Å². The van der Waals surface area contributed by atoms with Crippen LogP contribution in [-0.4, -0.2) is 55.4 Å². The molecular weight excluding hydrogens is 861 g/mol. The first-order chi connectivity index (χ1) is 32.3. The van der Waals surface area contributed by atoms with Gasteiger partial charge in [0, 0.05) is 29.2 Å². The summed E-state index contributed by atoms with van der Waals surface area (Å²) in [5.41, 5.74) is 6.47. The maximum absolute atomic E-state index is 12.8. The highest BCUT2D eigenvalue weighted by atomic mass is 16.5. The summed E-state index contributed by atoms with van der Waals surface area (Å²) in [5, 5.41) is 52.1. The topological polar surface area (TPSA) is 223 Å². The van der Waals surface area contributed by atoms with Crippen LogP contribution in [0.1, 0.15) is 101 Å². The lowest BCUT2D eigenvalue weighted by molar-refractivity contribution is -0.136. The van der Waals surface area contributed by atoms with Crippen molar-refractivity contribution in [2.75, 3.05) is 0 Å². The SMILES string of the molecule is O=C(O)C1=C(C(=O)O)[C@@H]2c3ccc4cc3[C@H]1c1ccc(cc12)OCc1ccc(c(C(=O)O)c1)COc1ccc2c(c1)[C@@H]1C(C(=O)O)=C(C(=O)O)[C@H]2c2cc(ccc21)OCc1ccc(cc1)CO4. The summed E-state index contributed by atoms with van der Waals surface area (Å²) in [7, 11) is 0. The second kappa shape index (κ2) is 15.5. The third-order valence-electron chi connectivity index (χ3n) is 13.4. The number of benzene rings is 6. The number of carbonyl (C=O) groups is 5. The summed E-state index contributed by atoms with van der Waals surface area (Å²) in [6.07, 6.45) is 0. The number of hydrogen-bond acceptors (Lipinski definition) is 9. The van der Waals surface area contributed by atoms with Gasteiger partial charge in [-0.3, -0.25) is 0 Å². The highest BCUT2D eigenvalue weighted by Crippen LogP contribution is 2.58. The van der Waals surface area contributed by atoms with Crippen LogP contribution in [0, 0.1) is 0 Å². The molecule has 0 spiro atoms. The lowest BCUT2D eigenvalue weighted by Gasteiger charge is -2.41. The van der Waals surface area contributed by atoms with Crippen LogP contribution >= 0.6 is 0 Å². The van der Waals surface area contributed by atoms with Gasteiger partial charge in [0.25, 0.3) is 0 Å². The third-order valence-corrected chi connectivity index (χ3v) is 13.4. The van der Waals surface area contributed by atoms with E-state index >= 15 is 0 Å². The second-order valence-corrected chi connectivity index (χ2v) is 17.0. The van der Waals surface area contributed by atoms with Gasteiger partial charge in [0.05, 0.1) is 27.9 Å². The largest absolute Gasteiger partial charge is 0.489 e. The molecule has 4 atom stereocenters. The molecule has 16 heterocycles. The molecule has 332 valence electrons. The van der Waals surface area contributed by atoms with Gasteiger partial charge in [-0.1, -0.05) is 60.7 Å². The van der Waals surface area contributed by atoms with E-state index in [9.17, 15) is 49.5 Å². The fourth-order valence-electron chi connectivity index (χ4n) is 10.5. The highest BCUT2D eigenvalue weighted by Gasteiger charge is 2.49. The molecule has 0 radical (unpaired) electrons. The van der Waals surface area contributed by atoms with E-state index < -0.39 is 53.5 Å². The Labute approximate surface area is 380 Å². The first-order valence-electron chi connectivity index (χ1n) is 21.2. The minimum absolute atomic E-state index is 0.0461. The Hall–Kier alpha value is -8.65. The van der Waals surface area contributed by atoms with E-state index in [0.717, 1.165) is 11.1 Å². The summed E-state index contributed by atoms with van der Waals surface area (Å²) in [6.45, 7) is 0.110. The standard InChI is InChI=1S/C53H36O14/c54-49(55)36-15-26-5-6-27(36)23-67-31-10-14-35-40(19-31)44-33-12-8-29(17-38(33)43(35)47(52(60)61)48(44)53(62)63)65-21-25-3-1-24(2-4-25)20-64-28-7-11-32-37(16-28)41-34-13-9-30(66-22-26)18-39(34)42(32)46(51(58)59)45(41)50(56)57/h1-19,41-44H,20-23H2,(H,54,55)(H,56,57)(H,58,59)(H,60,61)(H,62,63)/t41-,42-,43-,44-/m1/s1. The number of carboxylic acids is 5. The molecule has 14 heteroatoms. The van der Waals surface area contributed by atoms with Crippen molar-refractivity contribution < 1.29 is 68.5 Å². The van der Waals surface area contributed by atoms with E-state index in [-0.39, 0.29) is 54.3 Å². The van der Waals surface area contributed by atoms with Crippen LogP contribution in [0.4, 0.5) is 0 Å². The maximum atomic E-state index is 12.8. The van der Waals surface area contributed by atoms with Crippen LogP contribution in [0.5, 0.6) is 23.0 Å². The molecule has 67 heavy (non-hydrogen) atoms. The van der Waals surface area contributed by atoms with Crippen molar-refractivity contribution in [3.05, 3.63) is 210 Å². The fourth-order valence-corrected chi connectivity index (χ4v) is 10.5. The molecule has 20 bridgehead atoms. The molecule has 22 aliphatic rings. The molecule has 14 nitrogen and oxygen atoms in total. The summed E-state index contributed by atoms with van der Waals surface area (Å²) in [5.74, 6) is -8.65. The second-order valence-electron chi connectivity index (χ2n) is 17.0. The number of aromatic carboxylic acids is 1. The zero-order valence-electron chi connectivity index (χ0n) is 35.0. The molecule has 0 aromatic heterocycles. The first kappa shape index (κ1) is 41.1.